The number of ether oxygens (including phenoxy) is 1. The first-order valence-electron chi connectivity index (χ1n) is 4.30. The van der Waals surface area contributed by atoms with Crippen LogP contribution in [0.5, 0.6) is 0 Å². The van der Waals surface area contributed by atoms with E-state index in [1.807, 2.05) is 0 Å². The summed E-state index contributed by atoms with van der Waals surface area (Å²) in [6.45, 7) is 0. The Labute approximate surface area is 77.3 Å². The molecule has 1 rings (SSSR count). The molecule has 0 saturated carbocycles. The fraction of sp³-hybridized carbons (Fsp3) is 0.556. The van der Waals surface area contributed by atoms with Gasteiger partial charge in [0, 0.05) is 19.0 Å². The Morgan fingerprint density at radius 1 is 1.69 bits per heavy atom. The predicted molar refractivity (Wildman–Crippen MR) is 47.0 cm³/mol. The summed E-state index contributed by atoms with van der Waals surface area (Å²) >= 11 is 0. The highest BCUT2D eigenvalue weighted by atomic mass is 16.5. The number of methoxy groups -OCH3 is 1. The van der Waals surface area contributed by atoms with E-state index in [0.29, 0.717) is 6.42 Å². The van der Waals surface area contributed by atoms with Crippen LogP contribution in [-0.4, -0.2) is 23.0 Å². The van der Waals surface area contributed by atoms with Gasteiger partial charge in [-0.05, 0) is 12.8 Å². The molecule has 1 aromatic heterocycles. The van der Waals surface area contributed by atoms with Gasteiger partial charge in [0.25, 0.3) is 0 Å². The largest absolute Gasteiger partial charge is 0.469 e. The lowest BCUT2D eigenvalue weighted by atomic mass is 10.2. The Hall–Kier alpha value is -1.32. The molecule has 0 saturated heterocycles. The number of carbonyl (C=O) groups excluding carboxylic acids is 1. The first-order valence-corrected chi connectivity index (χ1v) is 4.30. The van der Waals surface area contributed by atoms with Crippen molar-refractivity contribution in [3.63, 3.8) is 0 Å². The van der Waals surface area contributed by atoms with E-state index < -0.39 is 0 Å². The zero-order valence-corrected chi connectivity index (χ0v) is 7.67. The number of carbonyl (C=O) groups is 1. The third-order valence-corrected chi connectivity index (χ3v) is 1.77. The summed E-state index contributed by atoms with van der Waals surface area (Å²) in [5, 5.41) is 0. The van der Waals surface area contributed by atoms with Crippen LogP contribution in [0.4, 0.5) is 0 Å². The van der Waals surface area contributed by atoms with Gasteiger partial charge >= 0.3 is 5.97 Å². The molecular weight excluding hydrogens is 168 g/mol. The van der Waals surface area contributed by atoms with Gasteiger partial charge in [0.1, 0.15) is 12.0 Å². The van der Waals surface area contributed by atoms with Gasteiger partial charge < -0.3 is 9.72 Å². The quantitative estimate of drug-likeness (QED) is 0.546. The molecule has 0 aliphatic rings. The highest BCUT2D eigenvalue weighted by Gasteiger charge is 2.00. The first kappa shape index (κ1) is 9.77. The summed E-state index contributed by atoms with van der Waals surface area (Å²) in [7, 11) is 1.41. The molecule has 0 bridgehead atoms. The topological polar surface area (TPSA) is 55.0 Å². The number of imidazole rings is 1. The number of hydrogen-bond donors (Lipinski definition) is 1. The monoisotopic (exact) mass is 181 g/mol. The van der Waals surface area contributed by atoms with Crippen LogP contribution in [0, 0.1) is 6.20 Å². The molecule has 0 aliphatic heterocycles. The first-order chi connectivity index (χ1) is 6.33. The van der Waals surface area contributed by atoms with Crippen molar-refractivity contribution < 1.29 is 9.53 Å². The second-order valence-electron chi connectivity index (χ2n) is 2.76. The summed E-state index contributed by atoms with van der Waals surface area (Å²) < 4.78 is 4.52. The molecule has 1 heterocycles. The zero-order chi connectivity index (χ0) is 9.52. The molecule has 13 heavy (non-hydrogen) atoms. The van der Waals surface area contributed by atoms with Crippen LogP contribution in [0.1, 0.15) is 25.1 Å². The predicted octanol–water partition coefficient (Wildman–Crippen LogP) is 1.10. The molecule has 0 aliphatic carbocycles. The molecule has 4 heteroatoms. The van der Waals surface area contributed by atoms with E-state index in [2.05, 4.69) is 20.9 Å². The van der Waals surface area contributed by atoms with Crippen molar-refractivity contribution in [2.24, 2.45) is 0 Å². The molecule has 4 nitrogen and oxygen atoms in total. The number of unbranched alkanes of at least 4 members (excludes halogenated alkanes) is 1. The number of rotatable bonds is 5. The maximum absolute atomic E-state index is 10.7. The van der Waals surface area contributed by atoms with Crippen LogP contribution in [0.15, 0.2) is 6.20 Å². The smallest absolute Gasteiger partial charge is 0.305 e. The van der Waals surface area contributed by atoms with Gasteiger partial charge in [-0.25, -0.2) is 4.98 Å². The van der Waals surface area contributed by atoms with E-state index in [4.69, 9.17) is 0 Å². The molecular formula is C9H13N2O2. The molecule has 0 spiro atoms. The van der Waals surface area contributed by atoms with Gasteiger partial charge in [-0.3, -0.25) is 4.79 Å². The molecule has 71 valence electrons. The van der Waals surface area contributed by atoms with Crippen LogP contribution in [0.2, 0.25) is 0 Å². The Kier molecular flexibility index (Phi) is 4.02. The minimum absolute atomic E-state index is 0.147. The summed E-state index contributed by atoms with van der Waals surface area (Å²) in [4.78, 5) is 17.6. The number of aromatic nitrogens is 2. The number of aromatic amines is 1. The lowest BCUT2D eigenvalue weighted by Gasteiger charge is -1.97. The molecule has 0 amide bonds. The average molecular weight is 181 g/mol. The number of nitrogens with one attached hydrogen (secondary N) is 1. The van der Waals surface area contributed by atoms with E-state index in [-0.39, 0.29) is 5.97 Å². The summed E-state index contributed by atoms with van der Waals surface area (Å²) in [5.74, 6) is 0.774. The number of H-pyrrole nitrogens is 1. The molecule has 1 aromatic rings. The van der Waals surface area contributed by atoms with Crippen molar-refractivity contribution in [2.75, 3.05) is 7.11 Å². The minimum Gasteiger partial charge on any atom is -0.469 e. The minimum atomic E-state index is -0.147. The molecule has 0 atom stereocenters. The van der Waals surface area contributed by atoms with E-state index in [1.165, 1.54) is 7.11 Å². The maximum atomic E-state index is 10.7. The van der Waals surface area contributed by atoms with Crippen molar-refractivity contribution in [3.8, 4) is 0 Å². The van der Waals surface area contributed by atoms with Crippen LogP contribution < -0.4 is 0 Å². The van der Waals surface area contributed by atoms with Crippen molar-refractivity contribution >= 4 is 5.97 Å². The van der Waals surface area contributed by atoms with E-state index in [9.17, 15) is 4.79 Å². The van der Waals surface area contributed by atoms with Crippen LogP contribution in [0.3, 0.4) is 0 Å². The van der Waals surface area contributed by atoms with Crippen molar-refractivity contribution in [2.45, 2.75) is 25.7 Å². The van der Waals surface area contributed by atoms with Crippen molar-refractivity contribution in [1.82, 2.24) is 9.97 Å². The van der Waals surface area contributed by atoms with Crippen LogP contribution >= 0.6 is 0 Å². The Morgan fingerprint density at radius 2 is 2.54 bits per heavy atom. The average Bonchev–Trinajstić information content (AvgIpc) is 2.64. The maximum Gasteiger partial charge on any atom is 0.305 e. The number of nitrogens with zero attached hydrogens (tertiary/aromatic N) is 1. The molecule has 0 unspecified atom stereocenters. The lowest BCUT2D eigenvalue weighted by molar-refractivity contribution is -0.140. The molecule has 1 radical (unpaired) electrons. The highest BCUT2D eigenvalue weighted by molar-refractivity contribution is 5.68. The van der Waals surface area contributed by atoms with Gasteiger partial charge in [0.2, 0.25) is 0 Å². The Bertz CT molecular complexity index is 244. The van der Waals surface area contributed by atoms with Gasteiger partial charge in [0.15, 0.2) is 0 Å². The fourth-order valence-corrected chi connectivity index (χ4v) is 1.05. The second-order valence-corrected chi connectivity index (χ2v) is 2.76. The second kappa shape index (κ2) is 5.35. The normalized spacial score (nSPS) is 9.92. The van der Waals surface area contributed by atoms with E-state index in [1.54, 1.807) is 6.20 Å². The van der Waals surface area contributed by atoms with E-state index in [0.717, 1.165) is 25.1 Å². The van der Waals surface area contributed by atoms with Crippen molar-refractivity contribution in [1.29, 1.82) is 0 Å². The Balaban J connectivity index is 2.05. The molecule has 0 aromatic carbocycles. The summed E-state index contributed by atoms with van der Waals surface area (Å²) in [6, 6.07) is 0. The van der Waals surface area contributed by atoms with Gasteiger partial charge in [-0.2, -0.15) is 0 Å². The third-order valence-electron chi connectivity index (χ3n) is 1.77. The van der Waals surface area contributed by atoms with Crippen molar-refractivity contribution in [3.05, 3.63) is 18.2 Å². The summed E-state index contributed by atoms with van der Waals surface area (Å²) in [6.07, 6.45) is 7.50. The van der Waals surface area contributed by atoms with Crippen LogP contribution in [0.25, 0.3) is 0 Å². The van der Waals surface area contributed by atoms with E-state index >= 15 is 0 Å². The SMILES string of the molecule is COC(=O)CCCCc1n[c]c[nH]1. The van der Waals surface area contributed by atoms with Gasteiger partial charge in [-0.15, -0.1) is 0 Å². The third kappa shape index (κ3) is 3.73. The lowest BCUT2D eigenvalue weighted by Crippen LogP contribution is -2.00. The fourth-order valence-electron chi connectivity index (χ4n) is 1.05. The zero-order valence-electron chi connectivity index (χ0n) is 7.67. The highest BCUT2D eigenvalue weighted by Crippen LogP contribution is 2.02. The summed E-state index contributed by atoms with van der Waals surface area (Å²) in [5.41, 5.74) is 0. The Morgan fingerprint density at radius 3 is 3.15 bits per heavy atom. The van der Waals surface area contributed by atoms with Gasteiger partial charge in [0.05, 0.1) is 7.11 Å². The number of esters is 1. The number of aryl methyl sites for hydroxylation is 1. The number of hydrogen-bond acceptors (Lipinski definition) is 3. The van der Waals surface area contributed by atoms with Gasteiger partial charge in [-0.1, -0.05) is 0 Å². The molecule has 0 fully saturated rings. The standard InChI is InChI=1S/C9H13N2O2/c1-13-9(12)5-3-2-4-8-10-6-7-11-8/h6H,2-5H2,1H3,(H,10,11). The molecule has 1 N–H and O–H groups in total. The van der Waals surface area contributed by atoms with Crippen LogP contribution in [-0.2, 0) is 16.0 Å².